The normalized spacial score (nSPS) is 15.7. The van der Waals surface area contributed by atoms with Gasteiger partial charge in [-0.05, 0) is 31.4 Å². The first kappa shape index (κ1) is 17.6. The Morgan fingerprint density at radius 3 is 2.50 bits per heavy atom. The number of aryl methyl sites for hydroxylation is 1. The average molecular weight is 354 g/mol. The van der Waals surface area contributed by atoms with Gasteiger partial charge in [-0.3, -0.25) is 14.4 Å². The lowest BCUT2D eigenvalue weighted by Gasteiger charge is -2.27. The number of pyridine rings is 1. The summed E-state index contributed by atoms with van der Waals surface area (Å²) in [7, 11) is 0. The minimum absolute atomic E-state index is 0.138. The van der Waals surface area contributed by atoms with E-state index in [1.807, 2.05) is 0 Å². The summed E-state index contributed by atoms with van der Waals surface area (Å²) in [6.45, 7) is 1.35. The number of amides is 1. The number of H-pyrrole nitrogens is 1. The fourth-order valence-corrected chi connectivity index (χ4v) is 3.06. The number of aliphatic carboxylic acids is 1. The van der Waals surface area contributed by atoms with Crippen LogP contribution in [-0.4, -0.2) is 27.8 Å². The van der Waals surface area contributed by atoms with E-state index in [4.69, 9.17) is 0 Å². The van der Waals surface area contributed by atoms with Gasteiger partial charge in [0.15, 0.2) is 11.3 Å². The molecule has 0 aliphatic heterocycles. The van der Waals surface area contributed by atoms with Crippen LogP contribution >= 0.6 is 0 Å². The number of carbonyl (C=O) groups excluding carboxylic acids is 2. The Bertz CT molecular complexity index is 948. The number of carboxylic acids is 1. The number of Topliss-reactive ketones (excluding diaryl/α,β-unsaturated/α-hetero) is 1. The van der Waals surface area contributed by atoms with E-state index in [0.29, 0.717) is 36.1 Å². The molecule has 7 heteroatoms. The lowest BCUT2D eigenvalue weighted by molar-refractivity contribution is -0.144. The molecule has 7 nitrogen and oxygen atoms in total. The number of rotatable bonds is 4. The van der Waals surface area contributed by atoms with E-state index in [9.17, 15) is 24.3 Å². The number of fused-ring (bicyclic) bond motifs is 1. The molecule has 0 saturated carbocycles. The first-order valence-electron chi connectivity index (χ1n) is 8.24. The van der Waals surface area contributed by atoms with Crippen LogP contribution in [0.25, 0.3) is 0 Å². The van der Waals surface area contributed by atoms with Gasteiger partial charge in [-0.2, -0.15) is 0 Å². The van der Waals surface area contributed by atoms with Crippen molar-refractivity contribution in [2.75, 3.05) is 0 Å². The Morgan fingerprint density at radius 2 is 1.85 bits per heavy atom. The summed E-state index contributed by atoms with van der Waals surface area (Å²) in [5.41, 5.74) is -1.43. The number of nitrogens with one attached hydrogen (secondary N) is 2. The van der Waals surface area contributed by atoms with Crippen molar-refractivity contribution >= 4 is 17.7 Å². The fraction of sp³-hybridized carbons (Fsp3) is 0.263. The predicted molar refractivity (Wildman–Crippen MR) is 93.2 cm³/mol. The quantitative estimate of drug-likeness (QED) is 0.771. The molecule has 3 rings (SSSR count). The maximum absolute atomic E-state index is 12.6. The lowest BCUT2D eigenvalue weighted by atomic mass is 9.91. The monoisotopic (exact) mass is 354 g/mol. The van der Waals surface area contributed by atoms with Gasteiger partial charge in [0.1, 0.15) is 5.56 Å². The first-order chi connectivity index (χ1) is 12.3. The van der Waals surface area contributed by atoms with Gasteiger partial charge in [0.25, 0.3) is 11.5 Å². The smallest absolute Gasteiger partial charge is 0.333 e. The molecule has 0 fully saturated rings. The van der Waals surface area contributed by atoms with Crippen LogP contribution in [0, 0.1) is 0 Å². The van der Waals surface area contributed by atoms with E-state index in [1.165, 1.54) is 13.0 Å². The molecule has 26 heavy (non-hydrogen) atoms. The number of ketones is 1. The Balaban J connectivity index is 1.99. The van der Waals surface area contributed by atoms with Gasteiger partial charge in [0, 0.05) is 17.7 Å². The van der Waals surface area contributed by atoms with Crippen LogP contribution < -0.4 is 10.9 Å². The van der Waals surface area contributed by atoms with Gasteiger partial charge in [0.2, 0.25) is 0 Å². The predicted octanol–water partition coefficient (Wildman–Crippen LogP) is 1.62. The van der Waals surface area contributed by atoms with Crippen LogP contribution in [0.2, 0.25) is 0 Å². The zero-order valence-corrected chi connectivity index (χ0v) is 14.2. The van der Waals surface area contributed by atoms with Crippen molar-refractivity contribution in [1.29, 1.82) is 0 Å². The fourth-order valence-electron chi connectivity index (χ4n) is 3.06. The van der Waals surface area contributed by atoms with Crippen LogP contribution in [0.1, 0.15) is 51.7 Å². The van der Waals surface area contributed by atoms with E-state index < -0.39 is 23.0 Å². The molecule has 1 unspecified atom stereocenters. The van der Waals surface area contributed by atoms with E-state index in [1.54, 1.807) is 30.3 Å². The van der Waals surface area contributed by atoms with Gasteiger partial charge in [0.05, 0.1) is 0 Å². The summed E-state index contributed by atoms with van der Waals surface area (Å²) in [5, 5.41) is 12.0. The number of hydrogen-bond donors (Lipinski definition) is 3. The molecule has 0 radical (unpaired) electrons. The molecule has 1 amide bonds. The van der Waals surface area contributed by atoms with Crippen LogP contribution in [0.3, 0.4) is 0 Å². The molecule has 1 heterocycles. The second-order valence-electron chi connectivity index (χ2n) is 6.43. The highest BCUT2D eigenvalue weighted by Crippen LogP contribution is 2.22. The van der Waals surface area contributed by atoms with Gasteiger partial charge < -0.3 is 15.4 Å². The van der Waals surface area contributed by atoms with Crippen LogP contribution in [0.15, 0.2) is 41.2 Å². The second-order valence-corrected chi connectivity index (χ2v) is 6.43. The summed E-state index contributed by atoms with van der Waals surface area (Å²) in [5.74, 6) is -2.25. The second kappa shape index (κ2) is 6.59. The molecule has 1 aliphatic carbocycles. The van der Waals surface area contributed by atoms with Gasteiger partial charge in [-0.15, -0.1) is 0 Å². The molecule has 0 bridgehead atoms. The third-order valence-corrected chi connectivity index (χ3v) is 4.64. The Labute approximate surface area is 149 Å². The van der Waals surface area contributed by atoms with Crippen molar-refractivity contribution in [2.24, 2.45) is 0 Å². The first-order valence-corrected chi connectivity index (χ1v) is 8.24. The molecule has 1 aromatic carbocycles. The van der Waals surface area contributed by atoms with Crippen LogP contribution in [0.4, 0.5) is 0 Å². The number of carboxylic acid groups (broad SMARTS) is 1. The van der Waals surface area contributed by atoms with Crippen molar-refractivity contribution in [3.05, 3.63) is 69.1 Å². The molecule has 2 aromatic rings. The highest BCUT2D eigenvalue weighted by Gasteiger charge is 2.37. The maximum atomic E-state index is 12.6. The van der Waals surface area contributed by atoms with E-state index in [2.05, 4.69) is 10.3 Å². The molecular formula is C19H18N2O5. The summed E-state index contributed by atoms with van der Waals surface area (Å²) in [4.78, 5) is 51.3. The topological polar surface area (TPSA) is 116 Å². The Kier molecular flexibility index (Phi) is 4.46. The van der Waals surface area contributed by atoms with Crippen LogP contribution in [-0.2, 0) is 16.8 Å². The molecular weight excluding hydrogens is 336 g/mol. The lowest BCUT2D eigenvalue weighted by Crippen LogP contribution is -2.50. The highest BCUT2D eigenvalue weighted by molar-refractivity contribution is 6.02. The van der Waals surface area contributed by atoms with Crippen molar-refractivity contribution in [2.45, 2.75) is 31.7 Å². The third-order valence-electron chi connectivity index (χ3n) is 4.64. The van der Waals surface area contributed by atoms with Gasteiger partial charge in [-0.1, -0.05) is 30.3 Å². The molecule has 1 aromatic heterocycles. The Morgan fingerprint density at radius 1 is 1.15 bits per heavy atom. The molecule has 0 spiro atoms. The molecule has 3 N–H and O–H groups in total. The van der Waals surface area contributed by atoms with Crippen LogP contribution in [0.5, 0.6) is 0 Å². The maximum Gasteiger partial charge on any atom is 0.333 e. The minimum atomic E-state index is -1.72. The van der Waals surface area contributed by atoms with E-state index >= 15 is 0 Å². The molecule has 1 aliphatic rings. The van der Waals surface area contributed by atoms with Crippen molar-refractivity contribution < 1.29 is 19.5 Å². The molecule has 1 atom stereocenters. The summed E-state index contributed by atoms with van der Waals surface area (Å²) >= 11 is 0. The van der Waals surface area contributed by atoms with Gasteiger partial charge in [-0.25, -0.2) is 4.79 Å². The van der Waals surface area contributed by atoms with Gasteiger partial charge >= 0.3 is 5.97 Å². The zero-order chi connectivity index (χ0) is 18.9. The van der Waals surface area contributed by atoms with Crippen molar-refractivity contribution in [3.63, 3.8) is 0 Å². The summed E-state index contributed by atoms with van der Waals surface area (Å²) in [6.07, 6.45) is 1.57. The molecule has 0 saturated heterocycles. The summed E-state index contributed by atoms with van der Waals surface area (Å²) < 4.78 is 0. The third kappa shape index (κ3) is 3.03. The van der Waals surface area contributed by atoms with E-state index in [0.717, 1.165) is 0 Å². The van der Waals surface area contributed by atoms with E-state index in [-0.39, 0.29) is 11.3 Å². The van der Waals surface area contributed by atoms with Crippen molar-refractivity contribution in [1.82, 2.24) is 10.3 Å². The largest absolute Gasteiger partial charge is 0.479 e. The standard InChI is InChI=1S/C19H18N2O5/c1-19(18(25)26,11-6-3-2-4-7-11)21-17(24)13-10-12-14(20-16(13)23)8-5-9-15(12)22/h2-4,6-7,10H,5,8-9H2,1H3,(H,20,23)(H,21,24)(H,25,26). The summed E-state index contributed by atoms with van der Waals surface area (Å²) in [6, 6.07) is 9.47. The SMILES string of the molecule is CC(NC(=O)c1cc2c([nH]c1=O)CCCC2=O)(C(=O)O)c1ccccc1. The van der Waals surface area contributed by atoms with Crippen molar-refractivity contribution in [3.8, 4) is 0 Å². The Hall–Kier alpha value is -3.22. The average Bonchev–Trinajstić information content (AvgIpc) is 2.61. The number of benzene rings is 1. The molecule has 134 valence electrons. The number of hydrogen-bond acceptors (Lipinski definition) is 4. The number of aromatic amines is 1. The minimum Gasteiger partial charge on any atom is -0.479 e. The number of aromatic nitrogens is 1. The number of carbonyl (C=O) groups is 3. The highest BCUT2D eigenvalue weighted by atomic mass is 16.4. The zero-order valence-electron chi connectivity index (χ0n) is 14.2.